The van der Waals surface area contributed by atoms with Crippen molar-refractivity contribution < 1.29 is 4.74 Å². The first-order valence-electron chi connectivity index (χ1n) is 5.40. The lowest BCUT2D eigenvalue weighted by molar-refractivity contribution is 0.214. The van der Waals surface area contributed by atoms with E-state index in [0.29, 0.717) is 17.9 Å². The molecule has 0 aromatic rings. The Morgan fingerprint density at radius 3 is 2.50 bits per heavy atom. The monoisotopic (exact) mass is 234 g/mol. The molecule has 0 radical (unpaired) electrons. The average molecular weight is 235 g/mol. The van der Waals surface area contributed by atoms with Gasteiger partial charge in [0.05, 0.1) is 11.7 Å². The van der Waals surface area contributed by atoms with E-state index < -0.39 is 4.33 Å². The maximum absolute atomic E-state index is 6.32. The van der Waals surface area contributed by atoms with Gasteiger partial charge in [0.25, 0.3) is 0 Å². The van der Waals surface area contributed by atoms with Crippen molar-refractivity contribution in [2.75, 3.05) is 0 Å². The molecule has 3 heteroatoms. The third-order valence-corrected chi connectivity index (χ3v) is 6.23. The lowest BCUT2D eigenvalue weighted by Crippen LogP contribution is -2.29. The van der Waals surface area contributed by atoms with E-state index in [1.165, 1.54) is 0 Å². The summed E-state index contributed by atoms with van der Waals surface area (Å²) in [4.78, 5) is 0. The molecule has 0 N–H and O–H groups in total. The zero-order chi connectivity index (χ0) is 10.4. The van der Waals surface area contributed by atoms with Crippen molar-refractivity contribution in [3.05, 3.63) is 0 Å². The van der Waals surface area contributed by atoms with Crippen LogP contribution in [0.25, 0.3) is 0 Å². The van der Waals surface area contributed by atoms with E-state index in [-0.39, 0.29) is 11.0 Å². The molecule has 0 aromatic carbocycles. The number of hydrogen-bond acceptors (Lipinski definition) is 1. The minimum absolute atomic E-state index is 0.121. The van der Waals surface area contributed by atoms with Gasteiger partial charge in [-0.2, -0.15) is 0 Å². The summed E-state index contributed by atoms with van der Waals surface area (Å²) in [5.74, 6) is 1.03. The van der Waals surface area contributed by atoms with Crippen molar-refractivity contribution in [1.29, 1.82) is 0 Å². The predicted octanol–water partition coefficient (Wildman–Crippen LogP) is 3.38. The van der Waals surface area contributed by atoms with Crippen LogP contribution in [0.15, 0.2) is 0 Å². The van der Waals surface area contributed by atoms with Crippen LogP contribution in [0, 0.1) is 17.3 Å². The predicted molar refractivity (Wildman–Crippen MR) is 57.7 cm³/mol. The minimum Gasteiger partial charge on any atom is -0.366 e. The molecule has 3 rings (SSSR count). The second kappa shape index (κ2) is 2.28. The largest absolute Gasteiger partial charge is 0.366 e. The van der Waals surface area contributed by atoms with Crippen molar-refractivity contribution in [3.8, 4) is 0 Å². The first kappa shape index (κ1) is 9.74. The topological polar surface area (TPSA) is 12.5 Å². The van der Waals surface area contributed by atoms with E-state index in [9.17, 15) is 0 Å². The Hall–Kier alpha value is 0.540. The lowest BCUT2D eigenvalue weighted by atomic mass is 9.77. The van der Waals surface area contributed by atoms with Crippen LogP contribution in [0.3, 0.4) is 0 Å². The number of rotatable bonds is 1. The summed E-state index contributed by atoms with van der Waals surface area (Å²) in [6, 6.07) is 0. The van der Waals surface area contributed by atoms with E-state index in [0.717, 1.165) is 12.8 Å². The molecular formula is C11H16Cl2O. The Morgan fingerprint density at radius 2 is 1.93 bits per heavy atom. The molecule has 80 valence electrons. The van der Waals surface area contributed by atoms with Crippen LogP contribution in [-0.2, 0) is 4.74 Å². The van der Waals surface area contributed by atoms with Crippen LogP contribution in [0.1, 0.15) is 33.6 Å². The van der Waals surface area contributed by atoms with Gasteiger partial charge in [0.2, 0.25) is 0 Å². The van der Waals surface area contributed by atoms with Crippen molar-refractivity contribution in [1.82, 2.24) is 0 Å². The molecule has 3 fully saturated rings. The molecule has 2 saturated carbocycles. The molecule has 0 bridgehead atoms. The van der Waals surface area contributed by atoms with Crippen molar-refractivity contribution in [2.45, 2.75) is 49.7 Å². The fourth-order valence-electron chi connectivity index (χ4n) is 3.38. The zero-order valence-corrected chi connectivity index (χ0v) is 10.3. The van der Waals surface area contributed by atoms with Crippen LogP contribution in [0.4, 0.5) is 0 Å². The molecule has 1 unspecified atom stereocenters. The molecule has 0 aromatic heterocycles. The van der Waals surface area contributed by atoms with E-state index in [4.69, 9.17) is 27.9 Å². The summed E-state index contributed by atoms with van der Waals surface area (Å²) in [5.41, 5.74) is 0.241. The smallest absolute Gasteiger partial charge is 0.127 e. The van der Waals surface area contributed by atoms with Gasteiger partial charge in [-0.25, -0.2) is 0 Å². The standard InChI is InChI=1S/C11H16Cl2O/c1-6(2)10-4-7-9(3,11(7,12)13)5-8(10)14-10/h6-8H,4-5H2,1-3H3/t7?,8-,9-,10-/m1/s1. The maximum atomic E-state index is 6.32. The summed E-state index contributed by atoms with van der Waals surface area (Å²) in [6.07, 6.45) is 2.52. The van der Waals surface area contributed by atoms with Gasteiger partial charge in [-0.05, 0) is 18.8 Å². The van der Waals surface area contributed by atoms with Gasteiger partial charge in [0, 0.05) is 11.3 Å². The molecule has 1 aliphatic heterocycles. The van der Waals surface area contributed by atoms with Gasteiger partial charge in [0.15, 0.2) is 0 Å². The van der Waals surface area contributed by atoms with Crippen LogP contribution in [0.5, 0.6) is 0 Å². The first-order chi connectivity index (χ1) is 6.34. The first-order valence-corrected chi connectivity index (χ1v) is 6.16. The zero-order valence-electron chi connectivity index (χ0n) is 8.81. The highest BCUT2D eigenvalue weighted by Gasteiger charge is 2.82. The number of alkyl halides is 2. The quantitative estimate of drug-likeness (QED) is 0.501. The second-order valence-electron chi connectivity index (χ2n) is 5.72. The number of ether oxygens (including phenoxy) is 1. The number of epoxide rings is 1. The lowest BCUT2D eigenvalue weighted by Gasteiger charge is -2.23. The summed E-state index contributed by atoms with van der Waals surface area (Å²) >= 11 is 12.6. The fraction of sp³-hybridized carbons (Fsp3) is 1.00. The highest BCUT2D eigenvalue weighted by Crippen LogP contribution is 2.79. The third-order valence-electron chi connectivity index (χ3n) is 4.84. The Kier molecular flexibility index (Phi) is 1.59. The van der Waals surface area contributed by atoms with Gasteiger partial charge in [-0.1, -0.05) is 20.8 Å². The van der Waals surface area contributed by atoms with E-state index >= 15 is 0 Å². The van der Waals surface area contributed by atoms with Gasteiger partial charge in [-0.3, -0.25) is 0 Å². The fourth-order valence-corrected chi connectivity index (χ4v) is 4.32. The number of halogens is 2. The number of fused-ring (bicyclic) bond motifs is 2. The summed E-state index contributed by atoms with van der Waals surface area (Å²) in [6.45, 7) is 6.66. The number of hydrogen-bond donors (Lipinski definition) is 0. The molecular weight excluding hydrogens is 219 g/mol. The Labute approximate surface area is 95.1 Å². The highest BCUT2D eigenvalue weighted by molar-refractivity contribution is 6.51. The van der Waals surface area contributed by atoms with Crippen LogP contribution < -0.4 is 0 Å². The van der Waals surface area contributed by atoms with E-state index in [1.807, 2.05) is 0 Å². The minimum atomic E-state index is -0.480. The molecule has 0 amide bonds. The van der Waals surface area contributed by atoms with Crippen molar-refractivity contribution >= 4 is 23.2 Å². The molecule has 4 atom stereocenters. The molecule has 2 aliphatic carbocycles. The SMILES string of the molecule is CC(C)[C@]12CC3C(Cl)(Cl)[C@]3(C)C[C@H]1O2. The Balaban J connectivity index is 1.87. The molecule has 1 heterocycles. The van der Waals surface area contributed by atoms with Gasteiger partial charge >= 0.3 is 0 Å². The van der Waals surface area contributed by atoms with Crippen LogP contribution in [-0.4, -0.2) is 16.0 Å². The molecule has 0 spiro atoms. The van der Waals surface area contributed by atoms with Crippen molar-refractivity contribution in [2.24, 2.45) is 17.3 Å². The van der Waals surface area contributed by atoms with E-state index in [1.54, 1.807) is 0 Å². The summed E-state index contributed by atoms with van der Waals surface area (Å²) < 4.78 is 5.39. The van der Waals surface area contributed by atoms with Crippen LogP contribution in [0.2, 0.25) is 0 Å². The van der Waals surface area contributed by atoms with Crippen molar-refractivity contribution in [3.63, 3.8) is 0 Å². The van der Waals surface area contributed by atoms with Gasteiger partial charge < -0.3 is 4.74 Å². The Morgan fingerprint density at radius 1 is 1.29 bits per heavy atom. The third kappa shape index (κ3) is 0.842. The van der Waals surface area contributed by atoms with Gasteiger partial charge in [0.1, 0.15) is 4.33 Å². The maximum Gasteiger partial charge on any atom is 0.127 e. The average Bonchev–Trinajstić information content (AvgIpc) is 2.86. The molecule has 1 saturated heterocycles. The normalized spacial score (nSPS) is 57.9. The molecule has 1 nitrogen and oxygen atoms in total. The highest BCUT2D eigenvalue weighted by atomic mass is 35.5. The van der Waals surface area contributed by atoms with Gasteiger partial charge in [-0.15, -0.1) is 23.2 Å². The Bertz CT molecular complexity index is 302. The van der Waals surface area contributed by atoms with Crippen LogP contribution >= 0.6 is 23.2 Å². The van der Waals surface area contributed by atoms with E-state index in [2.05, 4.69) is 20.8 Å². The summed E-state index contributed by atoms with van der Waals surface area (Å²) in [5, 5.41) is 0. The second-order valence-corrected chi connectivity index (χ2v) is 7.10. The molecule has 14 heavy (non-hydrogen) atoms. The summed E-state index contributed by atoms with van der Waals surface area (Å²) in [7, 11) is 0. The molecule has 3 aliphatic rings.